The van der Waals surface area contributed by atoms with Crippen molar-refractivity contribution < 1.29 is 0 Å². The van der Waals surface area contributed by atoms with Crippen LogP contribution >= 0.6 is 12.2 Å². The van der Waals surface area contributed by atoms with Gasteiger partial charge in [0.25, 0.3) is 0 Å². The standard InChI is InChI=1S/C11H21N3S/c1-9(2)6-4-5-7-10(3)8-13-14-11(12)15/h6,8,10H,4-5,7H2,1-3H3,(H3,12,14,15)/b13-8+/t10-/m0/s1. The number of thiocarbonyl (C=S) groups is 1. The molecule has 0 saturated heterocycles. The van der Waals surface area contributed by atoms with Gasteiger partial charge in [-0.2, -0.15) is 5.10 Å². The van der Waals surface area contributed by atoms with Crippen LogP contribution in [0.2, 0.25) is 0 Å². The van der Waals surface area contributed by atoms with Crippen molar-refractivity contribution in [1.82, 2.24) is 5.43 Å². The smallest absolute Gasteiger partial charge is 0.184 e. The summed E-state index contributed by atoms with van der Waals surface area (Å²) in [7, 11) is 0. The fraction of sp³-hybridized carbons (Fsp3) is 0.636. The molecule has 0 spiro atoms. The number of rotatable bonds is 6. The lowest BCUT2D eigenvalue weighted by Gasteiger charge is -2.03. The van der Waals surface area contributed by atoms with Crippen LogP contribution in [0.1, 0.15) is 40.0 Å². The Labute approximate surface area is 97.8 Å². The summed E-state index contributed by atoms with van der Waals surface area (Å²) in [4.78, 5) is 0. The highest BCUT2D eigenvalue weighted by atomic mass is 32.1. The molecular weight excluding hydrogens is 206 g/mol. The SMILES string of the molecule is CC(C)=CCCC[C@H](C)/C=N/NC(N)=S. The Kier molecular flexibility index (Phi) is 7.91. The minimum Gasteiger partial charge on any atom is -0.375 e. The van der Waals surface area contributed by atoms with Gasteiger partial charge in [-0.1, -0.05) is 18.6 Å². The van der Waals surface area contributed by atoms with Gasteiger partial charge in [-0.25, -0.2) is 0 Å². The van der Waals surface area contributed by atoms with Crippen LogP contribution in [0, 0.1) is 5.92 Å². The zero-order chi connectivity index (χ0) is 11.7. The second-order valence-electron chi connectivity index (χ2n) is 3.94. The van der Waals surface area contributed by atoms with Crippen molar-refractivity contribution >= 4 is 23.5 Å². The first-order valence-electron chi connectivity index (χ1n) is 5.24. The second kappa shape index (κ2) is 8.41. The first kappa shape index (κ1) is 14.1. The molecule has 0 aromatic rings. The lowest BCUT2D eigenvalue weighted by Crippen LogP contribution is -2.24. The van der Waals surface area contributed by atoms with Crippen molar-refractivity contribution in [1.29, 1.82) is 0 Å². The van der Waals surface area contributed by atoms with Crippen LogP contribution in [0.15, 0.2) is 16.8 Å². The van der Waals surface area contributed by atoms with Crippen LogP contribution in [-0.4, -0.2) is 11.3 Å². The number of nitrogens with two attached hydrogens (primary N) is 1. The molecule has 0 rings (SSSR count). The molecular formula is C11H21N3S. The predicted octanol–water partition coefficient (Wildman–Crippen LogP) is 2.58. The van der Waals surface area contributed by atoms with Crippen molar-refractivity contribution in [2.75, 3.05) is 0 Å². The van der Waals surface area contributed by atoms with Crippen molar-refractivity contribution in [3.8, 4) is 0 Å². The van der Waals surface area contributed by atoms with Gasteiger partial charge in [0.15, 0.2) is 5.11 Å². The van der Waals surface area contributed by atoms with Gasteiger partial charge in [-0.15, -0.1) is 0 Å². The maximum Gasteiger partial charge on any atom is 0.184 e. The van der Waals surface area contributed by atoms with E-state index in [0.29, 0.717) is 5.92 Å². The largest absolute Gasteiger partial charge is 0.375 e. The van der Waals surface area contributed by atoms with E-state index in [1.54, 1.807) is 0 Å². The summed E-state index contributed by atoms with van der Waals surface area (Å²) in [6, 6.07) is 0. The molecule has 0 radical (unpaired) electrons. The normalized spacial score (nSPS) is 12.5. The molecule has 0 unspecified atom stereocenters. The average molecular weight is 227 g/mol. The zero-order valence-electron chi connectivity index (χ0n) is 9.79. The second-order valence-corrected chi connectivity index (χ2v) is 4.38. The molecule has 4 heteroatoms. The molecule has 15 heavy (non-hydrogen) atoms. The average Bonchev–Trinajstić information content (AvgIpc) is 2.11. The summed E-state index contributed by atoms with van der Waals surface area (Å²) in [5, 5.41) is 4.14. The van der Waals surface area contributed by atoms with Crippen LogP contribution in [0.3, 0.4) is 0 Å². The molecule has 0 aliphatic carbocycles. The van der Waals surface area contributed by atoms with Gasteiger partial charge in [0.05, 0.1) is 0 Å². The monoisotopic (exact) mass is 227 g/mol. The highest BCUT2D eigenvalue weighted by molar-refractivity contribution is 7.80. The predicted molar refractivity (Wildman–Crippen MR) is 70.9 cm³/mol. The molecule has 1 atom stereocenters. The van der Waals surface area contributed by atoms with Crippen LogP contribution in [0.5, 0.6) is 0 Å². The number of unbranched alkanes of at least 4 members (excludes halogenated alkanes) is 1. The minimum absolute atomic E-state index is 0.211. The molecule has 3 N–H and O–H groups in total. The van der Waals surface area contributed by atoms with E-state index in [1.165, 1.54) is 12.0 Å². The Balaban J connectivity index is 3.57. The molecule has 0 aromatic heterocycles. The maximum atomic E-state index is 5.23. The molecule has 0 amide bonds. The minimum atomic E-state index is 0.211. The van der Waals surface area contributed by atoms with E-state index >= 15 is 0 Å². The Morgan fingerprint density at radius 3 is 2.73 bits per heavy atom. The van der Waals surface area contributed by atoms with Crippen molar-refractivity contribution in [3.63, 3.8) is 0 Å². The van der Waals surface area contributed by atoms with Crippen molar-refractivity contribution in [3.05, 3.63) is 11.6 Å². The number of hydrogen-bond donors (Lipinski definition) is 2. The molecule has 0 aromatic carbocycles. The molecule has 0 fully saturated rings. The van der Waals surface area contributed by atoms with E-state index < -0.39 is 0 Å². The van der Waals surface area contributed by atoms with Gasteiger partial charge in [0, 0.05) is 6.21 Å². The Hall–Kier alpha value is -0.900. The summed E-state index contributed by atoms with van der Waals surface area (Å²) in [6.45, 7) is 6.38. The van der Waals surface area contributed by atoms with Gasteiger partial charge in [0.2, 0.25) is 0 Å². The molecule has 0 saturated carbocycles. The van der Waals surface area contributed by atoms with E-state index in [4.69, 9.17) is 5.73 Å². The van der Waals surface area contributed by atoms with Crippen LogP contribution < -0.4 is 11.2 Å². The summed E-state index contributed by atoms with van der Waals surface area (Å²) < 4.78 is 0. The van der Waals surface area contributed by atoms with Gasteiger partial charge in [-0.05, 0) is 51.2 Å². The highest BCUT2D eigenvalue weighted by Gasteiger charge is 1.96. The van der Waals surface area contributed by atoms with Crippen LogP contribution in [-0.2, 0) is 0 Å². The molecule has 3 nitrogen and oxygen atoms in total. The van der Waals surface area contributed by atoms with Gasteiger partial charge < -0.3 is 5.73 Å². The van der Waals surface area contributed by atoms with Gasteiger partial charge in [-0.3, -0.25) is 5.43 Å². The van der Waals surface area contributed by atoms with E-state index in [0.717, 1.165) is 12.8 Å². The quantitative estimate of drug-likeness (QED) is 0.241. The fourth-order valence-corrected chi connectivity index (χ4v) is 1.19. The summed E-state index contributed by atoms with van der Waals surface area (Å²) in [5.74, 6) is 0.456. The topological polar surface area (TPSA) is 50.4 Å². The number of nitrogens with zero attached hydrogens (tertiary/aromatic N) is 1. The lowest BCUT2D eigenvalue weighted by atomic mass is 10.1. The van der Waals surface area contributed by atoms with Gasteiger partial charge in [0.1, 0.15) is 0 Å². The Morgan fingerprint density at radius 2 is 2.20 bits per heavy atom. The number of hydrazone groups is 1. The highest BCUT2D eigenvalue weighted by Crippen LogP contribution is 2.07. The Bertz CT molecular complexity index is 242. The zero-order valence-corrected chi connectivity index (χ0v) is 10.6. The molecule has 86 valence electrons. The molecule has 0 aliphatic heterocycles. The number of hydrogen-bond acceptors (Lipinski definition) is 2. The first-order chi connectivity index (χ1) is 7.02. The molecule has 0 bridgehead atoms. The van der Waals surface area contributed by atoms with Crippen LogP contribution in [0.25, 0.3) is 0 Å². The van der Waals surface area contributed by atoms with Crippen LogP contribution in [0.4, 0.5) is 0 Å². The summed E-state index contributed by atoms with van der Waals surface area (Å²) in [6.07, 6.45) is 7.57. The fourth-order valence-electron chi connectivity index (χ4n) is 1.13. The number of nitrogens with one attached hydrogen (secondary N) is 1. The summed E-state index contributed by atoms with van der Waals surface area (Å²) >= 11 is 4.63. The van der Waals surface area contributed by atoms with E-state index in [-0.39, 0.29) is 5.11 Å². The van der Waals surface area contributed by atoms with Gasteiger partial charge >= 0.3 is 0 Å². The van der Waals surface area contributed by atoms with E-state index in [9.17, 15) is 0 Å². The van der Waals surface area contributed by atoms with E-state index in [2.05, 4.69) is 49.6 Å². The lowest BCUT2D eigenvalue weighted by molar-refractivity contribution is 0.646. The summed E-state index contributed by atoms with van der Waals surface area (Å²) in [5.41, 5.74) is 9.17. The molecule has 0 heterocycles. The van der Waals surface area contributed by atoms with Crippen molar-refractivity contribution in [2.24, 2.45) is 16.8 Å². The molecule has 0 aliphatic rings. The third-order valence-electron chi connectivity index (χ3n) is 1.92. The maximum absolute atomic E-state index is 5.23. The van der Waals surface area contributed by atoms with E-state index in [1.807, 2.05) is 6.21 Å². The van der Waals surface area contributed by atoms with Crippen molar-refractivity contribution in [2.45, 2.75) is 40.0 Å². The first-order valence-corrected chi connectivity index (χ1v) is 5.65. The third-order valence-corrected chi connectivity index (χ3v) is 2.01. The Morgan fingerprint density at radius 1 is 1.53 bits per heavy atom. The third kappa shape index (κ3) is 11.0. The number of allylic oxidation sites excluding steroid dienone is 2.